The molecule has 0 unspecified atom stereocenters. The van der Waals surface area contributed by atoms with Crippen molar-refractivity contribution >= 4 is 5.91 Å². The van der Waals surface area contributed by atoms with Crippen molar-refractivity contribution in [2.24, 2.45) is 7.05 Å². The van der Waals surface area contributed by atoms with Gasteiger partial charge in [0.1, 0.15) is 5.75 Å². The zero-order valence-corrected chi connectivity index (χ0v) is 11.5. The second-order valence-electron chi connectivity index (χ2n) is 4.34. The number of aryl methyl sites for hydroxylation is 1. The van der Waals surface area contributed by atoms with Gasteiger partial charge in [-0.2, -0.15) is 0 Å². The van der Waals surface area contributed by atoms with Crippen molar-refractivity contribution in [3.8, 4) is 5.75 Å². The number of methoxy groups -OCH3 is 1. The first-order valence-corrected chi connectivity index (χ1v) is 6.30. The van der Waals surface area contributed by atoms with E-state index >= 15 is 0 Å². The number of carbonyl (C=O) groups is 1. The van der Waals surface area contributed by atoms with Gasteiger partial charge in [-0.25, -0.2) is 4.68 Å². The average Bonchev–Trinajstić information content (AvgIpc) is 2.85. The van der Waals surface area contributed by atoms with Gasteiger partial charge in [0.15, 0.2) is 5.82 Å². The van der Waals surface area contributed by atoms with Crippen LogP contribution in [0, 0.1) is 0 Å². The van der Waals surface area contributed by atoms with E-state index < -0.39 is 0 Å². The molecule has 0 saturated carbocycles. The Morgan fingerprint density at radius 1 is 1.35 bits per heavy atom. The van der Waals surface area contributed by atoms with E-state index in [2.05, 4.69) is 20.8 Å². The van der Waals surface area contributed by atoms with Gasteiger partial charge in [0, 0.05) is 13.6 Å². The van der Waals surface area contributed by atoms with Gasteiger partial charge in [-0.15, -0.1) is 5.10 Å². The van der Waals surface area contributed by atoms with Gasteiger partial charge in [0.2, 0.25) is 5.91 Å². The summed E-state index contributed by atoms with van der Waals surface area (Å²) in [5.41, 5.74) is 1.14. The maximum absolute atomic E-state index is 11.7. The first-order valence-electron chi connectivity index (χ1n) is 6.30. The van der Waals surface area contributed by atoms with Gasteiger partial charge in [0.05, 0.1) is 13.5 Å². The van der Waals surface area contributed by atoms with E-state index in [0.717, 1.165) is 17.7 Å². The summed E-state index contributed by atoms with van der Waals surface area (Å²) in [5, 5.41) is 13.8. The van der Waals surface area contributed by atoms with Crippen molar-refractivity contribution < 1.29 is 9.53 Å². The number of aromatic nitrogens is 4. The van der Waals surface area contributed by atoms with Crippen molar-refractivity contribution in [1.82, 2.24) is 25.5 Å². The predicted molar refractivity (Wildman–Crippen MR) is 72.2 cm³/mol. The summed E-state index contributed by atoms with van der Waals surface area (Å²) in [6.07, 6.45) is 0.957. The SMILES string of the molecule is COc1ccc(CCNC(=O)Cc2nnnn2C)cc1. The number of tetrazole rings is 1. The Morgan fingerprint density at radius 3 is 2.70 bits per heavy atom. The van der Waals surface area contributed by atoms with Crippen molar-refractivity contribution in [3.63, 3.8) is 0 Å². The summed E-state index contributed by atoms with van der Waals surface area (Å²) in [5.74, 6) is 1.29. The molecule has 1 N–H and O–H groups in total. The number of carbonyl (C=O) groups excluding carboxylic acids is 1. The third kappa shape index (κ3) is 3.78. The normalized spacial score (nSPS) is 10.3. The monoisotopic (exact) mass is 275 g/mol. The van der Waals surface area contributed by atoms with Crippen LogP contribution in [0.1, 0.15) is 11.4 Å². The first-order chi connectivity index (χ1) is 9.69. The van der Waals surface area contributed by atoms with Crippen LogP contribution in [0.15, 0.2) is 24.3 Å². The number of rotatable bonds is 6. The van der Waals surface area contributed by atoms with E-state index in [1.54, 1.807) is 14.2 Å². The number of hydrogen-bond donors (Lipinski definition) is 1. The predicted octanol–water partition coefficient (Wildman–Crippen LogP) is 0.120. The van der Waals surface area contributed by atoms with E-state index in [0.29, 0.717) is 12.4 Å². The molecular weight excluding hydrogens is 258 g/mol. The van der Waals surface area contributed by atoms with Gasteiger partial charge in [-0.1, -0.05) is 12.1 Å². The Labute approximate surface area is 116 Å². The molecule has 0 saturated heterocycles. The molecule has 0 fully saturated rings. The van der Waals surface area contributed by atoms with Gasteiger partial charge >= 0.3 is 0 Å². The average molecular weight is 275 g/mol. The van der Waals surface area contributed by atoms with Crippen LogP contribution < -0.4 is 10.1 Å². The fourth-order valence-corrected chi connectivity index (χ4v) is 1.74. The fraction of sp³-hybridized carbons (Fsp3) is 0.385. The number of nitrogens with one attached hydrogen (secondary N) is 1. The summed E-state index contributed by atoms with van der Waals surface area (Å²) >= 11 is 0. The third-order valence-electron chi connectivity index (χ3n) is 2.92. The Bertz CT molecular complexity index is 564. The van der Waals surface area contributed by atoms with Crippen molar-refractivity contribution in [1.29, 1.82) is 0 Å². The Morgan fingerprint density at radius 2 is 2.10 bits per heavy atom. The van der Waals surface area contributed by atoms with Crippen molar-refractivity contribution in [2.75, 3.05) is 13.7 Å². The largest absolute Gasteiger partial charge is 0.497 e. The van der Waals surface area contributed by atoms with Crippen LogP contribution in [0.5, 0.6) is 5.75 Å². The highest BCUT2D eigenvalue weighted by atomic mass is 16.5. The molecule has 0 aliphatic rings. The maximum atomic E-state index is 11.7. The number of ether oxygens (including phenoxy) is 1. The summed E-state index contributed by atoms with van der Waals surface area (Å²) < 4.78 is 6.58. The van der Waals surface area contributed by atoms with Crippen LogP contribution in [-0.2, 0) is 24.7 Å². The minimum absolute atomic E-state index is 0.0867. The Hall–Kier alpha value is -2.44. The van der Waals surface area contributed by atoms with E-state index in [1.807, 2.05) is 24.3 Å². The first kappa shape index (κ1) is 14.0. The van der Waals surface area contributed by atoms with Crippen molar-refractivity contribution in [2.45, 2.75) is 12.8 Å². The molecule has 0 aliphatic heterocycles. The minimum atomic E-state index is -0.0867. The summed E-state index contributed by atoms with van der Waals surface area (Å²) in [4.78, 5) is 11.7. The molecule has 1 amide bonds. The maximum Gasteiger partial charge on any atom is 0.227 e. The smallest absolute Gasteiger partial charge is 0.227 e. The molecule has 1 aromatic heterocycles. The lowest BCUT2D eigenvalue weighted by Gasteiger charge is -2.05. The number of amides is 1. The molecule has 20 heavy (non-hydrogen) atoms. The molecule has 0 bridgehead atoms. The second-order valence-corrected chi connectivity index (χ2v) is 4.34. The molecule has 2 rings (SSSR count). The van der Waals surface area contributed by atoms with Crippen LogP contribution in [0.3, 0.4) is 0 Å². The van der Waals surface area contributed by atoms with Crippen LogP contribution in [0.4, 0.5) is 0 Å². The molecule has 0 spiro atoms. The molecular formula is C13H17N5O2. The third-order valence-corrected chi connectivity index (χ3v) is 2.92. The minimum Gasteiger partial charge on any atom is -0.497 e. The molecule has 1 heterocycles. The van der Waals surface area contributed by atoms with Gasteiger partial charge in [-0.3, -0.25) is 4.79 Å². The molecule has 2 aromatic rings. The highest BCUT2D eigenvalue weighted by molar-refractivity contribution is 5.77. The number of benzene rings is 1. The van der Waals surface area contributed by atoms with E-state index in [4.69, 9.17) is 4.74 Å². The van der Waals surface area contributed by atoms with Crippen LogP contribution in [-0.4, -0.2) is 39.8 Å². The quantitative estimate of drug-likeness (QED) is 0.809. The van der Waals surface area contributed by atoms with Gasteiger partial charge in [0.25, 0.3) is 0 Å². The highest BCUT2D eigenvalue weighted by Gasteiger charge is 2.08. The summed E-state index contributed by atoms with van der Waals surface area (Å²) in [7, 11) is 3.34. The van der Waals surface area contributed by atoms with E-state index in [9.17, 15) is 4.79 Å². The Balaban J connectivity index is 1.75. The van der Waals surface area contributed by atoms with E-state index in [-0.39, 0.29) is 12.3 Å². The summed E-state index contributed by atoms with van der Waals surface area (Å²) in [6.45, 7) is 0.580. The molecule has 0 aliphatic carbocycles. The highest BCUT2D eigenvalue weighted by Crippen LogP contribution is 2.11. The standard InChI is InChI=1S/C13H17N5O2/c1-18-12(15-16-17-18)9-13(19)14-8-7-10-3-5-11(20-2)6-4-10/h3-6H,7-9H2,1-2H3,(H,14,19). The Kier molecular flexibility index (Phi) is 4.65. The van der Waals surface area contributed by atoms with Crippen LogP contribution in [0.25, 0.3) is 0 Å². The topological polar surface area (TPSA) is 81.9 Å². The lowest BCUT2D eigenvalue weighted by molar-refractivity contribution is -0.120. The van der Waals surface area contributed by atoms with Crippen LogP contribution >= 0.6 is 0 Å². The van der Waals surface area contributed by atoms with Crippen LogP contribution in [0.2, 0.25) is 0 Å². The molecule has 7 nitrogen and oxygen atoms in total. The molecule has 7 heteroatoms. The molecule has 106 valence electrons. The van der Waals surface area contributed by atoms with Crippen molar-refractivity contribution in [3.05, 3.63) is 35.7 Å². The number of hydrogen-bond acceptors (Lipinski definition) is 5. The fourth-order valence-electron chi connectivity index (χ4n) is 1.74. The molecule has 1 aromatic carbocycles. The summed E-state index contributed by atoms with van der Waals surface area (Å²) in [6, 6.07) is 7.78. The van der Waals surface area contributed by atoms with E-state index in [1.165, 1.54) is 4.68 Å². The molecule has 0 radical (unpaired) electrons. The zero-order chi connectivity index (χ0) is 14.4. The van der Waals surface area contributed by atoms with Gasteiger partial charge < -0.3 is 10.1 Å². The zero-order valence-electron chi connectivity index (χ0n) is 11.5. The number of nitrogens with zero attached hydrogens (tertiary/aromatic N) is 4. The van der Waals surface area contributed by atoms with Gasteiger partial charge in [-0.05, 0) is 34.5 Å². The lowest BCUT2D eigenvalue weighted by Crippen LogP contribution is -2.28. The molecule has 0 atom stereocenters. The lowest BCUT2D eigenvalue weighted by atomic mass is 10.1. The second kappa shape index (κ2) is 6.65.